The lowest BCUT2D eigenvalue weighted by molar-refractivity contribution is 0.123. The van der Waals surface area contributed by atoms with Gasteiger partial charge in [-0.25, -0.2) is 0 Å². The molecule has 72 valence electrons. The summed E-state index contributed by atoms with van der Waals surface area (Å²) in [4.78, 5) is 0. The van der Waals surface area contributed by atoms with E-state index in [1.165, 1.54) is 5.56 Å². The summed E-state index contributed by atoms with van der Waals surface area (Å²) in [5, 5.41) is 0.142. The van der Waals surface area contributed by atoms with Gasteiger partial charge in [-0.2, -0.15) is 12.6 Å². The fourth-order valence-electron chi connectivity index (χ4n) is 0.955. The third-order valence-electron chi connectivity index (χ3n) is 1.69. The fourth-order valence-corrected chi connectivity index (χ4v) is 1.06. The summed E-state index contributed by atoms with van der Waals surface area (Å²) < 4.78 is 5.42. The van der Waals surface area contributed by atoms with Gasteiger partial charge in [-0.15, -0.1) is 0 Å². The molecule has 3 heteroatoms. The molecule has 0 fully saturated rings. The molecule has 0 saturated heterocycles. The molecule has 1 aromatic rings. The quantitative estimate of drug-likeness (QED) is 0.701. The van der Waals surface area contributed by atoms with Crippen LogP contribution in [-0.4, -0.2) is 18.4 Å². The lowest BCUT2D eigenvalue weighted by Crippen LogP contribution is -2.19. The third kappa shape index (κ3) is 4.31. The topological polar surface area (TPSA) is 35.2 Å². The van der Waals surface area contributed by atoms with Crippen LogP contribution in [0, 0.1) is 0 Å². The van der Waals surface area contributed by atoms with Gasteiger partial charge in [0.15, 0.2) is 0 Å². The Labute approximate surface area is 84.5 Å². The molecule has 1 unspecified atom stereocenters. The van der Waals surface area contributed by atoms with Crippen molar-refractivity contribution in [2.75, 3.05) is 13.2 Å². The Morgan fingerprint density at radius 1 is 1.31 bits per heavy atom. The normalized spacial score (nSPS) is 12.8. The van der Waals surface area contributed by atoms with E-state index in [4.69, 9.17) is 10.5 Å². The van der Waals surface area contributed by atoms with Gasteiger partial charge < -0.3 is 10.5 Å². The highest BCUT2D eigenvalue weighted by molar-refractivity contribution is 7.81. The molecular weight excluding hydrogens is 182 g/mol. The Morgan fingerprint density at radius 3 is 2.62 bits per heavy atom. The van der Waals surface area contributed by atoms with Crippen LogP contribution in [0.25, 0.3) is 0 Å². The van der Waals surface area contributed by atoms with Crippen LogP contribution < -0.4 is 5.73 Å². The molecule has 1 rings (SSSR count). The molecule has 0 amide bonds. The average Bonchev–Trinajstić information content (AvgIpc) is 2.19. The largest absolute Gasteiger partial charge is 0.376 e. The van der Waals surface area contributed by atoms with E-state index in [1.54, 1.807) is 0 Å². The van der Waals surface area contributed by atoms with E-state index in [0.29, 0.717) is 19.8 Å². The fraction of sp³-hybridized carbons (Fsp3) is 0.400. The van der Waals surface area contributed by atoms with Crippen molar-refractivity contribution in [3.8, 4) is 0 Å². The van der Waals surface area contributed by atoms with Crippen LogP contribution in [0.15, 0.2) is 30.3 Å². The van der Waals surface area contributed by atoms with Gasteiger partial charge in [-0.05, 0) is 5.56 Å². The maximum absolute atomic E-state index is 5.42. The SMILES string of the molecule is NCC(S)COCc1ccccc1. The summed E-state index contributed by atoms with van der Waals surface area (Å²) >= 11 is 4.23. The molecule has 2 nitrogen and oxygen atoms in total. The standard InChI is InChI=1S/C10H15NOS/c11-6-10(13)8-12-7-9-4-2-1-3-5-9/h1-5,10,13H,6-8,11H2. The minimum atomic E-state index is 0.142. The minimum Gasteiger partial charge on any atom is -0.376 e. The number of benzene rings is 1. The number of nitrogens with two attached hydrogens (primary N) is 1. The zero-order valence-electron chi connectivity index (χ0n) is 7.52. The van der Waals surface area contributed by atoms with Crippen molar-refractivity contribution in [3.05, 3.63) is 35.9 Å². The van der Waals surface area contributed by atoms with Gasteiger partial charge in [0.1, 0.15) is 0 Å². The van der Waals surface area contributed by atoms with Crippen LogP contribution in [0.3, 0.4) is 0 Å². The number of ether oxygens (including phenoxy) is 1. The van der Waals surface area contributed by atoms with Crippen LogP contribution in [0.1, 0.15) is 5.56 Å². The van der Waals surface area contributed by atoms with Crippen molar-refractivity contribution in [3.63, 3.8) is 0 Å². The predicted molar refractivity (Wildman–Crippen MR) is 57.9 cm³/mol. The number of hydrogen-bond acceptors (Lipinski definition) is 3. The molecule has 1 aromatic carbocycles. The second-order valence-corrected chi connectivity index (χ2v) is 3.62. The molecule has 0 aliphatic rings. The number of thiol groups is 1. The summed E-state index contributed by atoms with van der Waals surface area (Å²) in [6.45, 7) is 1.80. The summed E-state index contributed by atoms with van der Waals surface area (Å²) in [5.41, 5.74) is 6.58. The lowest BCUT2D eigenvalue weighted by Gasteiger charge is -2.08. The van der Waals surface area contributed by atoms with Gasteiger partial charge in [0, 0.05) is 11.8 Å². The van der Waals surface area contributed by atoms with Crippen molar-refractivity contribution in [1.29, 1.82) is 0 Å². The first-order valence-electron chi connectivity index (χ1n) is 4.32. The number of rotatable bonds is 5. The summed E-state index contributed by atoms with van der Waals surface area (Å²) in [6.07, 6.45) is 0. The summed E-state index contributed by atoms with van der Waals surface area (Å²) in [7, 11) is 0. The van der Waals surface area contributed by atoms with Crippen LogP contribution in [0.4, 0.5) is 0 Å². The maximum Gasteiger partial charge on any atom is 0.0717 e. The Bertz CT molecular complexity index is 228. The van der Waals surface area contributed by atoms with E-state index in [-0.39, 0.29) is 5.25 Å². The molecule has 0 heterocycles. The second-order valence-electron chi connectivity index (χ2n) is 2.89. The van der Waals surface area contributed by atoms with Crippen molar-refractivity contribution in [2.24, 2.45) is 5.73 Å². The first kappa shape index (κ1) is 10.6. The average molecular weight is 197 g/mol. The van der Waals surface area contributed by atoms with Crippen molar-refractivity contribution >= 4 is 12.6 Å². The van der Waals surface area contributed by atoms with Crippen molar-refractivity contribution < 1.29 is 4.74 Å². The molecule has 0 aromatic heterocycles. The molecule has 1 atom stereocenters. The first-order chi connectivity index (χ1) is 6.33. The zero-order chi connectivity index (χ0) is 9.52. The van der Waals surface area contributed by atoms with E-state index in [2.05, 4.69) is 12.6 Å². The Balaban J connectivity index is 2.20. The van der Waals surface area contributed by atoms with E-state index < -0.39 is 0 Å². The maximum atomic E-state index is 5.42. The first-order valence-corrected chi connectivity index (χ1v) is 4.84. The van der Waals surface area contributed by atoms with Gasteiger partial charge >= 0.3 is 0 Å². The minimum absolute atomic E-state index is 0.142. The van der Waals surface area contributed by atoms with Gasteiger partial charge in [0.25, 0.3) is 0 Å². The predicted octanol–water partition coefficient (Wildman–Crippen LogP) is 1.46. The van der Waals surface area contributed by atoms with Crippen LogP contribution in [0.2, 0.25) is 0 Å². The van der Waals surface area contributed by atoms with Crippen molar-refractivity contribution in [2.45, 2.75) is 11.9 Å². The molecule has 2 N–H and O–H groups in total. The smallest absolute Gasteiger partial charge is 0.0717 e. The van der Waals surface area contributed by atoms with E-state index in [9.17, 15) is 0 Å². The molecule has 0 bridgehead atoms. The van der Waals surface area contributed by atoms with Crippen molar-refractivity contribution in [1.82, 2.24) is 0 Å². The lowest BCUT2D eigenvalue weighted by atomic mass is 10.2. The Kier molecular flexibility index (Phi) is 4.90. The molecular formula is C10H15NOS. The highest BCUT2D eigenvalue weighted by Crippen LogP contribution is 2.02. The van der Waals surface area contributed by atoms with Gasteiger partial charge in [0.05, 0.1) is 13.2 Å². The van der Waals surface area contributed by atoms with Crippen LogP contribution in [-0.2, 0) is 11.3 Å². The van der Waals surface area contributed by atoms with Crippen LogP contribution >= 0.6 is 12.6 Å². The second kappa shape index (κ2) is 6.02. The molecule has 0 spiro atoms. The van der Waals surface area contributed by atoms with Crippen LogP contribution in [0.5, 0.6) is 0 Å². The monoisotopic (exact) mass is 197 g/mol. The van der Waals surface area contributed by atoms with E-state index >= 15 is 0 Å². The zero-order valence-corrected chi connectivity index (χ0v) is 8.41. The van der Waals surface area contributed by atoms with Gasteiger partial charge in [0.2, 0.25) is 0 Å². The number of hydrogen-bond donors (Lipinski definition) is 2. The highest BCUT2D eigenvalue weighted by atomic mass is 32.1. The van der Waals surface area contributed by atoms with E-state index in [0.717, 1.165) is 0 Å². The molecule has 0 aliphatic heterocycles. The highest BCUT2D eigenvalue weighted by Gasteiger charge is 1.99. The molecule has 13 heavy (non-hydrogen) atoms. The van der Waals surface area contributed by atoms with E-state index in [1.807, 2.05) is 30.3 Å². The third-order valence-corrected chi connectivity index (χ3v) is 2.05. The molecule has 0 radical (unpaired) electrons. The van der Waals surface area contributed by atoms with Gasteiger partial charge in [-0.3, -0.25) is 0 Å². The van der Waals surface area contributed by atoms with Gasteiger partial charge in [-0.1, -0.05) is 30.3 Å². The Morgan fingerprint density at radius 2 is 2.00 bits per heavy atom. The summed E-state index contributed by atoms with van der Waals surface area (Å²) in [6, 6.07) is 10.1. The summed E-state index contributed by atoms with van der Waals surface area (Å²) in [5.74, 6) is 0. The molecule has 0 saturated carbocycles. The Hall–Kier alpha value is -0.510. The molecule has 0 aliphatic carbocycles.